The summed E-state index contributed by atoms with van der Waals surface area (Å²) in [7, 11) is 0. The Bertz CT molecular complexity index is 1790. The molecule has 0 bridgehead atoms. The van der Waals surface area contributed by atoms with E-state index in [0.29, 0.717) is 0 Å². The Kier molecular flexibility index (Phi) is 3.91. The van der Waals surface area contributed by atoms with Crippen molar-refractivity contribution in [3.63, 3.8) is 0 Å². The van der Waals surface area contributed by atoms with Gasteiger partial charge in [0.05, 0.1) is 11.0 Å². The zero-order valence-electron chi connectivity index (χ0n) is 18.1. The Balaban J connectivity index is 1.63. The Morgan fingerprint density at radius 2 is 1.12 bits per heavy atom. The minimum atomic E-state index is 1.19. The van der Waals surface area contributed by atoms with Crippen LogP contribution in [0.25, 0.3) is 60.2 Å². The molecule has 0 N–H and O–H groups in total. The number of hydrogen-bond acceptors (Lipinski definition) is 0. The number of aromatic nitrogens is 1. The molecule has 1 nitrogen and oxygen atoms in total. The molecule has 1 heteroatoms. The molecule has 0 aliphatic heterocycles. The highest BCUT2D eigenvalue weighted by atomic mass is 15.0. The SMILES string of the molecule is c1ccc(-c2ccc3cc4c(cc3c2)c2c3ccccc3ccc2n4-c2ccccc2)cc1. The van der Waals surface area contributed by atoms with Crippen LogP contribution in [0.1, 0.15) is 0 Å². The van der Waals surface area contributed by atoms with Gasteiger partial charge in [-0.3, -0.25) is 0 Å². The van der Waals surface area contributed by atoms with Crippen LogP contribution in [-0.4, -0.2) is 4.57 Å². The van der Waals surface area contributed by atoms with Gasteiger partial charge in [-0.25, -0.2) is 0 Å². The van der Waals surface area contributed by atoms with Gasteiger partial charge in [-0.1, -0.05) is 91.0 Å². The summed E-state index contributed by atoms with van der Waals surface area (Å²) in [5.74, 6) is 0. The molecule has 0 aliphatic rings. The molecule has 0 aliphatic carbocycles. The lowest BCUT2D eigenvalue weighted by Gasteiger charge is -2.09. The molecule has 6 aromatic carbocycles. The molecule has 7 rings (SSSR count). The van der Waals surface area contributed by atoms with E-state index in [9.17, 15) is 0 Å². The normalized spacial score (nSPS) is 11.6. The summed E-state index contributed by atoms with van der Waals surface area (Å²) in [5.41, 5.74) is 6.17. The highest BCUT2D eigenvalue weighted by Crippen LogP contribution is 2.39. The number of nitrogens with zero attached hydrogens (tertiary/aromatic N) is 1. The fourth-order valence-electron chi connectivity index (χ4n) is 5.20. The van der Waals surface area contributed by atoms with Crippen LogP contribution in [0.15, 0.2) is 127 Å². The lowest BCUT2D eigenvalue weighted by Crippen LogP contribution is -1.93. The van der Waals surface area contributed by atoms with Crippen molar-refractivity contribution in [3.8, 4) is 16.8 Å². The Hall–Kier alpha value is -4.36. The highest BCUT2D eigenvalue weighted by Gasteiger charge is 2.15. The molecule has 0 atom stereocenters. The van der Waals surface area contributed by atoms with Crippen molar-refractivity contribution in [1.82, 2.24) is 4.57 Å². The van der Waals surface area contributed by atoms with E-state index >= 15 is 0 Å². The minimum absolute atomic E-state index is 1.19. The molecule has 0 fully saturated rings. The molecule has 7 aromatic rings. The maximum absolute atomic E-state index is 2.40. The van der Waals surface area contributed by atoms with Gasteiger partial charge >= 0.3 is 0 Å². The van der Waals surface area contributed by atoms with Crippen molar-refractivity contribution in [3.05, 3.63) is 127 Å². The molecule has 1 aromatic heterocycles. The summed E-state index contributed by atoms with van der Waals surface area (Å²) in [4.78, 5) is 0. The van der Waals surface area contributed by atoms with E-state index in [0.717, 1.165) is 0 Å². The first-order chi connectivity index (χ1) is 16.4. The van der Waals surface area contributed by atoms with Crippen molar-refractivity contribution in [2.24, 2.45) is 0 Å². The fraction of sp³-hybridized carbons (Fsp3) is 0. The van der Waals surface area contributed by atoms with Gasteiger partial charge in [-0.15, -0.1) is 0 Å². The number of benzene rings is 6. The van der Waals surface area contributed by atoms with Crippen molar-refractivity contribution in [2.75, 3.05) is 0 Å². The molecule has 154 valence electrons. The van der Waals surface area contributed by atoms with Crippen LogP contribution in [0.3, 0.4) is 0 Å². The van der Waals surface area contributed by atoms with Crippen LogP contribution in [0, 0.1) is 0 Å². The van der Waals surface area contributed by atoms with Gasteiger partial charge in [-0.05, 0) is 69.1 Å². The molecule has 33 heavy (non-hydrogen) atoms. The molecule has 0 saturated carbocycles. The summed E-state index contributed by atoms with van der Waals surface area (Å²) in [6, 6.07) is 46.0. The average molecular weight is 420 g/mol. The molecule has 0 amide bonds. The van der Waals surface area contributed by atoms with E-state index in [1.54, 1.807) is 0 Å². The van der Waals surface area contributed by atoms with Gasteiger partial charge in [0.2, 0.25) is 0 Å². The first kappa shape index (κ1) is 18.2. The van der Waals surface area contributed by atoms with E-state index < -0.39 is 0 Å². The molecule has 0 unspecified atom stereocenters. The summed E-state index contributed by atoms with van der Waals surface area (Å²) in [6.45, 7) is 0. The number of para-hydroxylation sites is 1. The maximum Gasteiger partial charge on any atom is 0.0547 e. The number of fused-ring (bicyclic) bond motifs is 6. The molecule has 1 heterocycles. The Morgan fingerprint density at radius 3 is 1.97 bits per heavy atom. The van der Waals surface area contributed by atoms with Gasteiger partial charge < -0.3 is 4.57 Å². The zero-order chi connectivity index (χ0) is 21.8. The van der Waals surface area contributed by atoms with Gasteiger partial charge in [0.25, 0.3) is 0 Å². The third-order valence-corrected chi connectivity index (χ3v) is 6.73. The second-order valence-electron chi connectivity index (χ2n) is 8.65. The highest BCUT2D eigenvalue weighted by molar-refractivity contribution is 6.23. The fourth-order valence-corrected chi connectivity index (χ4v) is 5.20. The van der Waals surface area contributed by atoms with Crippen LogP contribution in [-0.2, 0) is 0 Å². The monoisotopic (exact) mass is 419 g/mol. The summed E-state index contributed by atoms with van der Waals surface area (Å²) in [5, 5.41) is 7.71. The number of hydrogen-bond donors (Lipinski definition) is 0. The van der Waals surface area contributed by atoms with E-state index in [1.165, 1.54) is 60.2 Å². The molecular formula is C32H21N. The van der Waals surface area contributed by atoms with E-state index in [1.807, 2.05) is 0 Å². The largest absolute Gasteiger partial charge is 0.309 e. The Labute approximate surface area is 192 Å². The number of rotatable bonds is 2. The first-order valence-electron chi connectivity index (χ1n) is 11.4. The van der Waals surface area contributed by atoms with E-state index in [2.05, 4.69) is 132 Å². The predicted molar refractivity (Wildman–Crippen MR) is 141 cm³/mol. The van der Waals surface area contributed by atoms with Crippen LogP contribution in [0.4, 0.5) is 0 Å². The van der Waals surface area contributed by atoms with Crippen LogP contribution in [0.5, 0.6) is 0 Å². The zero-order valence-corrected chi connectivity index (χ0v) is 18.1. The standard InChI is InChI=1S/C32H21N/c1-3-9-22(10-4-1)24-15-16-25-21-31-29(20-26(25)19-24)32-28-14-8-7-11-23(28)17-18-30(32)33(31)27-12-5-2-6-13-27/h1-21H. The molecule has 0 saturated heterocycles. The topological polar surface area (TPSA) is 4.93 Å². The molecule has 0 radical (unpaired) electrons. The van der Waals surface area contributed by atoms with Gasteiger partial charge in [0.1, 0.15) is 0 Å². The Morgan fingerprint density at radius 1 is 0.394 bits per heavy atom. The lowest BCUT2D eigenvalue weighted by molar-refractivity contribution is 1.18. The van der Waals surface area contributed by atoms with E-state index in [4.69, 9.17) is 0 Å². The first-order valence-corrected chi connectivity index (χ1v) is 11.4. The predicted octanol–water partition coefficient (Wildman–Crippen LogP) is 8.76. The third kappa shape index (κ3) is 2.79. The maximum atomic E-state index is 2.40. The van der Waals surface area contributed by atoms with Crippen LogP contribution >= 0.6 is 0 Å². The van der Waals surface area contributed by atoms with Gasteiger partial charge in [0.15, 0.2) is 0 Å². The quantitative estimate of drug-likeness (QED) is 0.264. The average Bonchev–Trinajstić information content (AvgIpc) is 3.21. The van der Waals surface area contributed by atoms with Crippen molar-refractivity contribution in [2.45, 2.75) is 0 Å². The summed E-state index contributed by atoms with van der Waals surface area (Å²) < 4.78 is 2.40. The smallest absolute Gasteiger partial charge is 0.0547 e. The molecule has 0 spiro atoms. The van der Waals surface area contributed by atoms with E-state index in [-0.39, 0.29) is 0 Å². The minimum Gasteiger partial charge on any atom is -0.309 e. The van der Waals surface area contributed by atoms with Gasteiger partial charge in [-0.2, -0.15) is 0 Å². The van der Waals surface area contributed by atoms with Crippen molar-refractivity contribution < 1.29 is 0 Å². The van der Waals surface area contributed by atoms with Crippen LogP contribution in [0.2, 0.25) is 0 Å². The third-order valence-electron chi connectivity index (χ3n) is 6.73. The van der Waals surface area contributed by atoms with Crippen LogP contribution < -0.4 is 0 Å². The second kappa shape index (κ2) is 7.08. The summed E-state index contributed by atoms with van der Waals surface area (Å²) >= 11 is 0. The van der Waals surface area contributed by atoms with Crippen molar-refractivity contribution in [1.29, 1.82) is 0 Å². The lowest BCUT2D eigenvalue weighted by atomic mass is 9.98. The second-order valence-corrected chi connectivity index (χ2v) is 8.65. The van der Waals surface area contributed by atoms with Crippen molar-refractivity contribution >= 4 is 43.4 Å². The molecular weight excluding hydrogens is 398 g/mol. The van der Waals surface area contributed by atoms with Gasteiger partial charge in [0, 0.05) is 16.5 Å². The summed E-state index contributed by atoms with van der Waals surface area (Å²) in [6.07, 6.45) is 0.